The van der Waals surface area contributed by atoms with Gasteiger partial charge in [-0.25, -0.2) is 13.2 Å². The molecule has 0 aromatic heterocycles. The summed E-state index contributed by atoms with van der Waals surface area (Å²) in [5, 5.41) is 8.78. The van der Waals surface area contributed by atoms with Gasteiger partial charge in [0.15, 0.2) is 0 Å². The monoisotopic (exact) mass is 229 g/mol. The largest absolute Gasteiger partial charge is 0.464 e. The van der Waals surface area contributed by atoms with E-state index in [9.17, 15) is 13.2 Å². The number of hydrogen-bond acceptors (Lipinski definition) is 3. The molecule has 0 spiro atoms. The van der Waals surface area contributed by atoms with Gasteiger partial charge in [0.1, 0.15) is 0 Å². The summed E-state index contributed by atoms with van der Waals surface area (Å²) in [4.78, 5) is 10.8. The maximum absolute atomic E-state index is 11.2. The molecule has 1 rings (SSSR count). The Labute approximate surface area is 88.0 Å². The Hall–Kier alpha value is -1.56. The first-order valence-corrected chi connectivity index (χ1v) is 5.97. The van der Waals surface area contributed by atoms with Crippen molar-refractivity contribution in [3.8, 4) is 0 Å². The quantitative estimate of drug-likeness (QED) is 0.832. The van der Waals surface area contributed by atoms with Crippen molar-refractivity contribution in [1.82, 2.24) is 0 Å². The Morgan fingerprint density at radius 1 is 1.27 bits per heavy atom. The highest BCUT2D eigenvalue weighted by molar-refractivity contribution is 7.92. The number of carboxylic acid groups (broad SMARTS) is 1. The van der Waals surface area contributed by atoms with Gasteiger partial charge in [0, 0.05) is 0 Å². The predicted octanol–water partition coefficient (Wildman–Crippen LogP) is 1.44. The molecule has 15 heavy (non-hydrogen) atoms. The van der Waals surface area contributed by atoms with E-state index in [1.54, 1.807) is 12.1 Å². The fourth-order valence-corrected chi connectivity index (χ4v) is 1.91. The zero-order valence-corrected chi connectivity index (χ0v) is 9.15. The highest BCUT2D eigenvalue weighted by atomic mass is 32.2. The van der Waals surface area contributed by atoms with Crippen molar-refractivity contribution in [3.63, 3.8) is 0 Å². The lowest BCUT2D eigenvalue weighted by Gasteiger charge is -2.16. The highest BCUT2D eigenvalue weighted by Gasteiger charge is 2.24. The molecule has 0 heterocycles. The van der Waals surface area contributed by atoms with Crippen LogP contribution in [0.2, 0.25) is 0 Å². The number of carbonyl (C=O) groups is 1. The molecular formula is C9H11NO4S. The second kappa shape index (κ2) is 3.90. The fourth-order valence-electron chi connectivity index (χ4n) is 1.12. The summed E-state index contributed by atoms with van der Waals surface area (Å²) in [6, 6.07) is 6.20. The molecule has 0 aliphatic rings. The summed E-state index contributed by atoms with van der Waals surface area (Å²) in [7, 11) is -3.80. The van der Waals surface area contributed by atoms with Crippen LogP contribution in [0.1, 0.15) is 5.56 Å². The number of sulfonamides is 1. The zero-order chi connectivity index (χ0) is 11.6. The minimum absolute atomic E-state index is 0.121. The Balaban J connectivity index is 3.23. The Bertz CT molecular complexity index is 463. The standard InChI is InChI=1S/C9H11NO4S/c1-7-3-5-8(6-4-7)10(9(11)12)15(2,13)14/h3-6H,1-2H3,(H,11,12). The average Bonchev–Trinajstić information content (AvgIpc) is 2.05. The predicted molar refractivity (Wildman–Crippen MR) is 56.5 cm³/mol. The smallest absolute Gasteiger partial charge is 0.425 e. The number of benzene rings is 1. The molecule has 0 bridgehead atoms. The van der Waals surface area contributed by atoms with Crippen LogP contribution in [-0.2, 0) is 10.0 Å². The topological polar surface area (TPSA) is 74.7 Å². The Kier molecular flexibility index (Phi) is 2.99. The number of anilines is 1. The molecule has 0 radical (unpaired) electrons. The summed E-state index contributed by atoms with van der Waals surface area (Å²) in [5.41, 5.74) is 1.05. The van der Waals surface area contributed by atoms with Crippen LogP contribution in [0.15, 0.2) is 24.3 Å². The molecule has 0 unspecified atom stereocenters. The summed E-state index contributed by atoms with van der Waals surface area (Å²) in [6.45, 7) is 1.83. The first kappa shape index (κ1) is 11.5. The van der Waals surface area contributed by atoms with Gasteiger partial charge < -0.3 is 5.11 Å². The van der Waals surface area contributed by atoms with Crippen LogP contribution in [0, 0.1) is 6.92 Å². The maximum Gasteiger partial charge on any atom is 0.425 e. The molecule has 82 valence electrons. The lowest BCUT2D eigenvalue weighted by atomic mass is 10.2. The maximum atomic E-state index is 11.2. The lowest BCUT2D eigenvalue weighted by molar-refractivity contribution is 0.206. The Morgan fingerprint density at radius 2 is 1.73 bits per heavy atom. The SMILES string of the molecule is Cc1ccc(N(C(=O)O)S(C)(=O)=O)cc1. The third kappa shape index (κ3) is 2.69. The van der Waals surface area contributed by atoms with Crippen molar-refractivity contribution in [3.05, 3.63) is 29.8 Å². The van der Waals surface area contributed by atoms with Gasteiger partial charge in [0.2, 0.25) is 10.0 Å². The first-order valence-electron chi connectivity index (χ1n) is 4.12. The van der Waals surface area contributed by atoms with Crippen molar-refractivity contribution in [2.24, 2.45) is 0 Å². The molecule has 5 nitrogen and oxygen atoms in total. The van der Waals surface area contributed by atoms with Gasteiger partial charge in [-0.15, -0.1) is 0 Å². The third-order valence-corrected chi connectivity index (χ3v) is 2.80. The fraction of sp³-hybridized carbons (Fsp3) is 0.222. The van der Waals surface area contributed by atoms with E-state index >= 15 is 0 Å². The molecular weight excluding hydrogens is 218 g/mol. The van der Waals surface area contributed by atoms with Crippen LogP contribution >= 0.6 is 0 Å². The molecule has 1 N–H and O–H groups in total. The Morgan fingerprint density at radius 3 is 2.07 bits per heavy atom. The molecule has 1 aromatic carbocycles. The zero-order valence-electron chi connectivity index (χ0n) is 8.34. The van der Waals surface area contributed by atoms with Crippen molar-refractivity contribution >= 4 is 21.8 Å². The van der Waals surface area contributed by atoms with Gasteiger partial charge >= 0.3 is 6.09 Å². The molecule has 0 aliphatic carbocycles. The minimum Gasteiger partial charge on any atom is -0.464 e. The van der Waals surface area contributed by atoms with E-state index in [-0.39, 0.29) is 5.69 Å². The summed E-state index contributed by atoms with van der Waals surface area (Å²) >= 11 is 0. The van der Waals surface area contributed by atoms with Gasteiger partial charge in [-0.1, -0.05) is 17.7 Å². The van der Waals surface area contributed by atoms with Crippen LogP contribution in [-0.4, -0.2) is 25.9 Å². The number of nitrogens with zero attached hydrogens (tertiary/aromatic N) is 1. The second-order valence-electron chi connectivity index (χ2n) is 3.15. The van der Waals surface area contributed by atoms with Crippen molar-refractivity contribution < 1.29 is 18.3 Å². The number of rotatable bonds is 2. The molecule has 0 saturated heterocycles. The van der Waals surface area contributed by atoms with Crippen molar-refractivity contribution in [2.75, 3.05) is 10.6 Å². The van der Waals surface area contributed by atoms with Crippen LogP contribution in [0.5, 0.6) is 0 Å². The summed E-state index contributed by atoms with van der Waals surface area (Å²) in [6.07, 6.45) is -0.664. The molecule has 0 aliphatic heterocycles. The van der Waals surface area contributed by atoms with E-state index in [0.717, 1.165) is 11.8 Å². The molecule has 0 atom stereocenters. The van der Waals surface area contributed by atoms with E-state index in [0.29, 0.717) is 4.31 Å². The number of aryl methyl sites for hydroxylation is 1. The number of hydrogen-bond donors (Lipinski definition) is 1. The van der Waals surface area contributed by atoms with Gasteiger partial charge in [0.05, 0.1) is 11.9 Å². The lowest BCUT2D eigenvalue weighted by Crippen LogP contribution is -2.34. The van der Waals surface area contributed by atoms with Crippen molar-refractivity contribution in [1.29, 1.82) is 0 Å². The van der Waals surface area contributed by atoms with Gasteiger partial charge in [-0.05, 0) is 19.1 Å². The average molecular weight is 229 g/mol. The van der Waals surface area contributed by atoms with E-state index < -0.39 is 16.1 Å². The molecule has 0 fully saturated rings. The van der Waals surface area contributed by atoms with Gasteiger partial charge in [0.25, 0.3) is 0 Å². The van der Waals surface area contributed by atoms with Crippen LogP contribution in [0.25, 0.3) is 0 Å². The molecule has 6 heteroatoms. The normalized spacial score (nSPS) is 11.1. The molecule has 1 aromatic rings. The van der Waals surface area contributed by atoms with Crippen molar-refractivity contribution in [2.45, 2.75) is 6.92 Å². The van der Waals surface area contributed by atoms with Crippen LogP contribution in [0.3, 0.4) is 0 Å². The second-order valence-corrected chi connectivity index (χ2v) is 4.98. The van der Waals surface area contributed by atoms with Gasteiger partial charge in [-0.2, -0.15) is 4.31 Å². The summed E-state index contributed by atoms with van der Waals surface area (Å²) in [5.74, 6) is 0. The van der Waals surface area contributed by atoms with E-state index in [4.69, 9.17) is 5.11 Å². The van der Waals surface area contributed by atoms with E-state index in [1.807, 2.05) is 6.92 Å². The highest BCUT2D eigenvalue weighted by Crippen LogP contribution is 2.17. The van der Waals surface area contributed by atoms with Gasteiger partial charge in [-0.3, -0.25) is 0 Å². The number of amides is 1. The van der Waals surface area contributed by atoms with Crippen LogP contribution in [0.4, 0.5) is 10.5 Å². The van der Waals surface area contributed by atoms with Crippen LogP contribution < -0.4 is 4.31 Å². The minimum atomic E-state index is -3.80. The van der Waals surface area contributed by atoms with E-state index in [1.165, 1.54) is 12.1 Å². The third-order valence-electron chi connectivity index (χ3n) is 1.77. The van der Waals surface area contributed by atoms with E-state index in [2.05, 4.69) is 0 Å². The molecule has 1 amide bonds. The first-order chi connectivity index (χ1) is 6.82. The molecule has 0 saturated carbocycles. The summed E-state index contributed by atoms with van der Waals surface area (Å²) < 4.78 is 22.7.